The van der Waals surface area contributed by atoms with Crippen molar-refractivity contribution in [2.45, 2.75) is 6.04 Å². The number of hydrogen-bond acceptors (Lipinski definition) is 3. The maximum atomic E-state index is 13.3. The quantitative estimate of drug-likeness (QED) is 0.887. The molecule has 0 spiro atoms. The predicted molar refractivity (Wildman–Crippen MR) is 90.2 cm³/mol. The Morgan fingerprint density at radius 3 is 2.23 bits per heavy atom. The first-order valence-corrected chi connectivity index (χ1v) is 8.34. The molecule has 0 unspecified atom stereocenters. The number of morpholine rings is 1. The van der Waals surface area contributed by atoms with Crippen molar-refractivity contribution in [1.82, 2.24) is 10.2 Å². The largest absolute Gasteiger partial charge is 0.379 e. The van der Waals surface area contributed by atoms with E-state index in [1.54, 1.807) is 12.1 Å². The molecule has 1 fully saturated rings. The number of nitrogens with zero attached hydrogens (tertiary/aromatic N) is 1. The van der Waals surface area contributed by atoms with E-state index in [1.165, 1.54) is 12.1 Å². The molecule has 0 bridgehead atoms. The van der Waals surface area contributed by atoms with Crippen LogP contribution in [0.25, 0.3) is 0 Å². The summed E-state index contributed by atoms with van der Waals surface area (Å²) in [5.41, 5.74) is 0.765. The van der Waals surface area contributed by atoms with Crippen molar-refractivity contribution in [3.05, 3.63) is 71.0 Å². The molecule has 0 saturated carbocycles. The van der Waals surface area contributed by atoms with Crippen LogP contribution in [0.15, 0.2) is 42.5 Å². The first kappa shape index (κ1) is 18.4. The Morgan fingerprint density at radius 2 is 1.62 bits per heavy atom. The third-order valence-corrected chi connectivity index (χ3v) is 4.32. The van der Waals surface area contributed by atoms with Gasteiger partial charge in [-0.2, -0.15) is 0 Å². The highest BCUT2D eigenvalue weighted by Crippen LogP contribution is 2.22. The van der Waals surface area contributed by atoms with Gasteiger partial charge in [0.1, 0.15) is 17.5 Å². The number of amides is 1. The fourth-order valence-corrected chi connectivity index (χ4v) is 3.01. The van der Waals surface area contributed by atoms with Gasteiger partial charge in [0.2, 0.25) is 0 Å². The van der Waals surface area contributed by atoms with E-state index in [-0.39, 0.29) is 24.0 Å². The lowest BCUT2D eigenvalue weighted by molar-refractivity contribution is 0.0162. The molecular formula is C19H19F3N2O2. The molecule has 0 aliphatic carbocycles. The van der Waals surface area contributed by atoms with Crippen LogP contribution in [0.2, 0.25) is 0 Å². The minimum absolute atomic E-state index is 0.0812. The van der Waals surface area contributed by atoms with Crippen molar-refractivity contribution in [3.63, 3.8) is 0 Å². The molecule has 1 heterocycles. The van der Waals surface area contributed by atoms with Crippen LogP contribution in [0.4, 0.5) is 13.2 Å². The van der Waals surface area contributed by atoms with Gasteiger partial charge in [-0.25, -0.2) is 13.2 Å². The Morgan fingerprint density at radius 1 is 1.00 bits per heavy atom. The van der Waals surface area contributed by atoms with Crippen molar-refractivity contribution < 1.29 is 22.7 Å². The minimum atomic E-state index is -0.807. The smallest absolute Gasteiger partial charge is 0.251 e. The molecule has 1 atom stereocenters. The van der Waals surface area contributed by atoms with Gasteiger partial charge in [0, 0.05) is 31.3 Å². The van der Waals surface area contributed by atoms with Crippen LogP contribution in [-0.4, -0.2) is 43.7 Å². The molecule has 7 heteroatoms. The molecule has 26 heavy (non-hydrogen) atoms. The number of benzene rings is 2. The van der Waals surface area contributed by atoms with E-state index in [4.69, 9.17) is 4.74 Å². The van der Waals surface area contributed by atoms with E-state index in [9.17, 15) is 18.0 Å². The highest BCUT2D eigenvalue weighted by molar-refractivity contribution is 5.94. The average Bonchev–Trinajstić information content (AvgIpc) is 2.63. The van der Waals surface area contributed by atoms with Crippen LogP contribution < -0.4 is 5.32 Å². The second-order valence-electron chi connectivity index (χ2n) is 6.08. The van der Waals surface area contributed by atoms with Crippen LogP contribution in [0, 0.1) is 17.5 Å². The number of halogens is 3. The lowest BCUT2D eigenvalue weighted by Gasteiger charge is -2.35. The van der Waals surface area contributed by atoms with Gasteiger partial charge < -0.3 is 10.1 Å². The number of ether oxygens (including phenoxy) is 1. The molecule has 2 aromatic rings. The number of carbonyl (C=O) groups excluding carboxylic acids is 1. The second kappa shape index (κ2) is 8.33. The molecular weight excluding hydrogens is 345 g/mol. The first-order valence-electron chi connectivity index (χ1n) is 8.34. The zero-order valence-electron chi connectivity index (χ0n) is 14.1. The molecule has 2 aromatic carbocycles. The normalized spacial score (nSPS) is 16.3. The summed E-state index contributed by atoms with van der Waals surface area (Å²) in [5.74, 6) is -2.52. The predicted octanol–water partition coefficient (Wildman–Crippen LogP) is 2.91. The number of rotatable bonds is 5. The molecule has 1 amide bonds. The minimum Gasteiger partial charge on any atom is -0.379 e. The van der Waals surface area contributed by atoms with Gasteiger partial charge in [0.05, 0.1) is 19.3 Å². The van der Waals surface area contributed by atoms with Crippen LogP contribution in [0.1, 0.15) is 22.0 Å². The van der Waals surface area contributed by atoms with E-state index >= 15 is 0 Å². The standard InChI is InChI=1S/C19H19F3N2O2/c20-15-3-1-13(2-4-15)18(24-5-7-26-8-6-24)12-23-19(25)14-9-16(21)11-17(22)10-14/h1-4,9-11,18H,5-8,12H2,(H,23,25)/t18-/m0/s1. The van der Waals surface area contributed by atoms with E-state index in [1.807, 2.05) is 0 Å². The lowest BCUT2D eigenvalue weighted by Crippen LogP contribution is -2.43. The molecule has 0 aromatic heterocycles. The Bertz CT molecular complexity index is 742. The van der Waals surface area contributed by atoms with Crippen molar-refractivity contribution in [3.8, 4) is 0 Å². The number of nitrogens with one attached hydrogen (secondary N) is 1. The van der Waals surface area contributed by atoms with E-state index in [0.29, 0.717) is 32.4 Å². The molecule has 4 nitrogen and oxygen atoms in total. The van der Waals surface area contributed by atoms with Gasteiger partial charge in [0.15, 0.2) is 0 Å². The van der Waals surface area contributed by atoms with Gasteiger partial charge in [-0.3, -0.25) is 9.69 Å². The Balaban J connectivity index is 1.74. The van der Waals surface area contributed by atoms with Gasteiger partial charge >= 0.3 is 0 Å². The van der Waals surface area contributed by atoms with Crippen molar-refractivity contribution in [2.24, 2.45) is 0 Å². The maximum Gasteiger partial charge on any atom is 0.251 e. The molecule has 1 N–H and O–H groups in total. The number of hydrogen-bond donors (Lipinski definition) is 1. The van der Waals surface area contributed by atoms with Gasteiger partial charge in [-0.05, 0) is 29.8 Å². The molecule has 0 radical (unpaired) electrons. The van der Waals surface area contributed by atoms with Gasteiger partial charge in [-0.1, -0.05) is 12.1 Å². The van der Waals surface area contributed by atoms with Crippen molar-refractivity contribution >= 4 is 5.91 Å². The topological polar surface area (TPSA) is 41.6 Å². The summed E-state index contributed by atoms with van der Waals surface area (Å²) >= 11 is 0. The highest BCUT2D eigenvalue weighted by atomic mass is 19.1. The molecule has 1 aliphatic heterocycles. The molecule has 1 saturated heterocycles. The summed E-state index contributed by atoms with van der Waals surface area (Å²) in [7, 11) is 0. The summed E-state index contributed by atoms with van der Waals surface area (Å²) in [6.07, 6.45) is 0. The van der Waals surface area contributed by atoms with Gasteiger partial charge in [0.25, 0.3) is 5.91 Å². The SMILES string of the molecule is O=C(NC[C@@H](c1ccc(F)cc1)N1CCOCC1)c1cc(F)cc(F)c1. The zero-order valence-corrected chi connectivity index (χ0v) is 14.1. The van der Waals surface area contributed by atoms with E-state index in [0.717, 1.165) is 17.7 Å². The van der Waals surface area contributed by atoms with Crippen LogP contribution in [0.5, 0.6) is 0 Å². The first-order chi connectivity index (χ1) is 12.5. The lowest BCUT2D eigenvalue weighted by atomic mass is 10.0. The Labute approximate surface area is 149 Å². The van der Waals surface area contributed by atoms with Crippen molar-refractivity contribution in [2.75, 3.05) is 32.8 Å². The Kier molecular flexibility index (Phi) is 5.90. The fraction of sp³-hybridized carbons (Fsp3) is 0.316. The average molecular weight is 364 g/mol. The summed E-state index contributed by atoms with van der Waals surface area (Å²) in [5, 5.41) is 2.72. The summed E-state index contributed by atoms with van der Waals surface area (Å²) < 4.78 is 45.2. The third kappa shape index (κ3) is 4.62. The van der Waals surface area contributed by atoms with E-state index in [2.05, 4.69) is 10.2 Å². The summed E-state index contributed by atoms with van der Waals surface area (Å²) in [6, 6.07) is 8.57. The zero-order chi connectivity index (χ0) is 18.5. The Hall–Kier alpha value is -2.38. The van der Waals surface area contributed by atoms with Crippen LogP contribution in [-0.2, 0) is 4.74 Å². The van der Waals surface area contributed by atoms with Crippen molar-refractivity contribution in [1.29, 1.82) is 0 Å². The fourth-order valence-electron chi connectivity index (χ4n) is 3.01. The summed E-state index contributed by atoms with van der Waals surface area (Å²) in [4.78, 5) is 14.4. The van der Waals surface area contributed by atoms with Gasteiger partial charge in [-0.15, -0.1) is 0 Å². The summed E-state index contributed by atoms with van der Waals surface area (Å²) in [6.45, 7) is 2.71. The highest BCUT2D eigenvalue weighted by Gasteiger charge is 2.23. The second-order valence-corrected chi connectivity index (χ2v) is 6.08. The van der Waals surface area contributed by atoms with Crippen LogP contribution >= 0.6 is 0 Å². The monoisotopic (exact) mass is 364 g/mol. The third-order valence-electron chi connectivity index (χ3n) is 4.32. The van der Waals surface area contributed by atoms with Crippen LogP contribution in [0.3, 0.4) is 0 Å². The maximum absolute atomic E-state index is 13.3. The number of carbonyl (C=O) groups is 1. The van der Waals surface area contributed by atoms with E-state index < -0.39 is 17.5 Å². The molecule has 1 aliphatic rings. The molecule has 138 valence electrons. The molecule has 3 rings (SSSR count).